The predicted octanol–water partition coefficient (Wildman–Crippen LogP) is 5.66. The van der Waals surface area contributed by atoms with E-state index >= 15 is 0 Å². The van der Waals surface area contributed by atoms with Gasteiger partial charge in [0.25, 0.3) is 5.91 Å². The number of carbonyl (C=O) groups excluding carboxylic acids is 1. The van der Waals surface area contributed by atoms with Crippen LogP contribution in [0, 0.1) is 0 Å². The molecule has 4 aromatic rings. The molecule has 1 amide bonds. The van der Waals surface area contributed by atoms with E-state index in [0.29, 0.717) is 35.7 Å². The van der Waals surface area contributed by atoms with Crippen LogP contribution in [0.15, 0.2) is 117 Å². The first kappa shape index (κ1) is 33.2. The van der Waals surface area contributed by atoms with Gasteiger partial charge in [0.15, 0.2) is 21.5 Å². The lowest BCUT2D eigenvalue weighted by atomic mass is 9.85. The molecule has 4 aromatic carbocycles. The van der Waals surface area contributed by atoms with E-state index in [4.69, 9.17) is 24.3 Å². The number of hydrogen-bond donors (Lipinski definition) is 2. The third kappa shape index (κ3) is 7.78. The third-order valence-corrected chi connectivity index (χ3v) is 9.93. The molecule has 46 heavy (non-hydrogen) atoms. The molecule has 0 saturated carbocycles. The second-order valence-electron chi connectivity index (χ2n) is 10.8. The van der Waals surface area contributed by atoms with Gasteiger partial charge >= 0.3 is 0 Å². The number of aliphatic hydroxyl groups excluding tert-OH is 1. The molecule has 0 aliphatic carbocycles. The second-order valence-corrected chi connectivity index (χ2v) is 13.8. The fraction of sp³-hybridized carbons (Fsp3) is 0.257. The largest absolute Gasteiger partial charge is 0.497 e. The molecule has 0 radical (unpaired) electrons. The van der Waals surface area contributed by atoms with Crippen LogP contribution >= 0.6 is 15.9 Å². The summed E-state index contributed by atoms with van der Waals surface area (Å²) < 4.78 is 45.3. The van der Waals surface area contributed by atoms with Crippen LogP contribution in [0.3, 0.4) is 0 Å². The molecule has 1 aliphatic heterocycles. The van der Waals surface area contributed by atoms with Crippen molar-refractivity contribution >= 4 is 37.6 Å². The van der Waals surface area contributed by atoms with E-state index in [0.717, 1.165) is 10.0 Å². The maximum absolute atomic E-state index is 14.4. The van der Waals surface area contributed by atoms with Gasteiger partial charge in [-0.1, -0.05) is 58.4 Å². The van der Waals surface area contributed by atoms with Gasteiger partial charge in [0.1, 0.15) is 11.5 Å². The average Bonchev–Trinajstić information content (AvgIpc) is 3.48. The van der Waals surface area contributed by atoms with Crippen LogP contribution in [0.1, 0.15) is 35.6 Å². The zero-order valence-electron chi connectivity index (χ0n) is 25.3. The number of aliphatic hydroxyl groups is 1. The maximum atomic E-state index is 14.4. The number of ether oxygens (including phenoxy) is 3. The van der Waals surface area contributed by atoms with Crippen LogP contribution in [-0.2, 0) is 25.9 Å². The van der Waals surface area contributed by atoms with Crippen molar-refractivity contribution in [2.45, 2.75) is 35.9 Å². The van der Waals surface area contributed by atoms with Crippen molar-refractivity contribution in [1.29, 1.82) is 0 Å². The fourth-order valence-corrected chi connectivity index (χ4v) is 6.77. The number of nitrogens with zero attached hydrogens (tertiary/aromatic N) is 1. The molecule has 5 rings (SSSR count). The van der Waals surface area contributed by atoms with Gasteiger partial charge < -0.3 is 24.6 Å². The summed E-state index contributed by atoms with van der Waals surface area (Å²) in [5.41, 5.74) is 0.490. The van der Waals surface area contributed by atoms with Crippen LogP contribution in [-0.4, -0.2) is 56.9 Å². The van der Waals surface area contributed by atoms with Crippen LogP contribution in [0.5, 0.6) is 11.5 Å². The molecule has 2 N–H and O–H groups in total. The molecule has 1 aliphatic rings. The number of nitrogens with one attached hydrogen (secondary N) is 1. The third-order valence-electron chi connectivity index (χ3n) is 7.67. The monoisotopic (exact) mass is 706 g/mol. The van der Waals surface area contributed by atoms with Crippen LogP contribution in [0.2, 0.25) is 0 Å². The summed E-state index contributed by atoms with van der Waals surface area (Å²) in [5.74, 6) is 0.719. The van der Waals surface area contributed by atoms with E-state index in [1.165, 1.54) is 0 Å². The highest BCUT2D eigenvalue weighted by Crippen LogP contribution is 2.43. The van der Waals surface area contributed by atoms with Gasteiger partial charge in [-0.2, -0.15) is 0 Å². The smallest absolute Gasteiger partial charge is 0.252 e. The molecule has 0 aromatic heterocycles. The Balaban J connectivity index is 1.53. The van der Waals surface area contributed by atoms with E-state index in [-0.39, 0.29) is 36.1 Å². The van der Waals surface area contributed by atoms with Crippen LogP contribution in [0.4, 0.5) is 0 Å². The van der Waals surface area contributed by atoms with E-state index in [1.807, 2.05) is 36.4 Å². The number of rotatable bonds is 14. The van der Waals surface area contributed by atoms with E-state index in [9.17, 15) is 13.2 Å². The number of benzene rings is 4. The summed E-state index contributed by atoms with van der Waals surface area (Å²) in [7, 11) is -2.18. The second kappa shape index (κ2) is 14.9. The summed E-state index contributed by atoms with van der Waals surface area (Å²) in [5, 5.41) is 12.1. The Morgan fingerprint density at radius 2 is 1.63 bits per heavy atom. The number of halogens is 1. The number of carbonyl (C=O) groups is 1. The molecule has 9 nitrogen and oxygen atoms in total. The van der Waals surface area contributed by atoms with Gasteiger partial charge in [0.2, 0.25) is 5.90 Å². The lowest BCUT2D eigenvalue weighted by Gasteiger charge is -2.30. The van der Waals surface area contributed by atoms with Gasteiger partial charge in [0.05, 0.1) is 24.4 Å². The lowest BCUT2D eigenvalue weighted by molar-refractivity contribution is -0.129. The van der Waals surface area contributed by atoms with Crippen molar-refractivity contribution in [3.8, 4) is 11.5 Å². The molecule has 1 heterocycles. The summed E-state index contributed by atoms with van der Waals surface area (Å²) in [6.45, 7) is 0.586. The predicted molar refractivity (Wildman–Crippen MR) is 179 cm³/mol. The topological polar surface area (TPSA) is 124 Å². The van der Waals surface area contributed by atoms with Gasteiger partial charge in [-0.15, -0.1) is 0 Å². The Morgan fingerprint density at radius 1 is 0.957 bits per heavy atom. The average molecular weight is 708 g/mol. The van der Waals surface area contributed by atoms with Gasteiger partial charge in [-0.3, -0.25) is 4.79 Å². The molecule has 0 unspecified atom stereocenters. The van der Waals surface area contributed by atoms with E-state index in [1.54, 1.807) is 73.8 Å². The molecular weight excluding hydrogens is 672 g/mol. The van der Waals surface area contributed by atoms with Crippen molar-refractivity contribution in [3.63, 3.8) is 0 Å². The highest BCUT2D eigenvalue weighted by atomic mass is 79.9. The van der Waals surface area contributed by atoms with Crippen molar-refractivity contribution in [3.05, 3.63) is 124 Å². The molecule has 0 bridgehead atoms. The van der Waals surface area contributed by atoms with Crippen LogP contribution < -0.4 is 14.8 Å². The Bertz CT molecular complexity index is 1750. The molecule has 0 fully saturated rings. The normalized spacial score (nSPS) is 17.5. The van der Waals surface area contributed by atoms with Crippen molar-refractivity contribution < 1.29 is 32.5 Å². The molecule has 11 heteroatoms. The fourth-order valence-electron chi connectivity index (χ4n) is 5.12. The van der Waals surface area contributed by atoms with Crippen molar-refractivity contribution in [2.24, 2.45) is 4.99 Å². The summed E-state index contributed by atoms with van der Waals surface area (Å²) in [6, 6.07) is 29.9. The van der Waals surface area contributed by atoms with E-state index in [2.05, 4.69) is 21.2 Å². The standard InChI is InChI=1S/C35H35BrN2O7S/c1-43-29-16-8-25(9-17-29)24-37-34(40)35(20-23-46(41,42)31-6-3-2-4-7-31)32(26-10-14-28(36)15-11-26)45-33(38-35)27-12-18-30(19-13-27)44-22-5-21-39/h2-4,6-19,32,39H,5,20-24H2,1H3,(H,37,40)/t32-,35-/m1/s1. The Hall–Kier alpha value is -4.19. The summed E-state index contributed by atoms with van der Waals surface area (Å²) in [6.07, 6.45) is -0.546. The first-order valence-electron chi connectivity index (χ1n) is 14.8. The summed E-state index contributed by atoms with van der Waals surface area (Å²) in [4.78, 5) is 19.5. The molecule has 240 valence electrons. The first-order chi connectivity index (χ1) is 22.2. The molecule has 2 atom stereocenters. The Labute approximate surface area is 277 Å². The SMILES string of the molecule is COc1ccc(CNC(=O)[C@]2(CCS(=O)(=O)c3ccccc3)N=C(c3ccc(OCCCO)cc3)O[C@@H]2c2ccc(Br)cc2)cc1. The number of amides is 1. The van der Waals surface area contributed by atoms with Gasteiger partial charge in [-0.05, 0) is 71.8 Å². The zero-order valence-corrected chi connectivity index (χ0v) is 27.7. The zero-order chi connectivity index (χ0) is 32.6. The summed E-state index contributed by atoms with van der Waals surface area (Å²) >= 11 is 3.47. The minimum absolute atomic E-state index is 0.0305. The first-order valence-corrected chi connectivity index (χ1v) is 17.2. The Kier molecular flexibility index (Phi) is 10.8. The number of aliphatic imine (C=N–C) groups is 1. The van der Waals surface area contributed by atoms with Crippen molar-refractivity contribution in [2.75, 3.05) is 26.1 Å². The molecule has 0 saturated heterocycles. The minimum Gasteiger partial charge on any atom is -0.497 e. The highest BCUT2D eigenvalue weighted by molar-refractivity contribution is 9.10. The van der Waals surface area contributed by atoms with Gasteiger partial charge in [0, 0.05) is 36.0 Å². The highest BCUT2D eigenvalue weighted by Gasteiger charge is 2.53. The number of hydrogen-bond acceptors (Lipinski definition) is 8. The number of sulfone groups is 1. The quantitative estimate of drug-likeness (QED) is 0.162. The van der Waals surface area contributed by atoms with Crippen LogP contribution in [0.25, 0.3) is 0 Å². The minimum atomic E-state index is -3.77. The van der Waals surface area contributed by atoms with E-state index < -0.39 is 27.4 Å². The Morgan fingerprint density at radius 3 is 2.28 bits per heavy atom. The number of methoxy groups -OCH3 is 1. The molecule has 0 spiro atoms. The lowest BCUT2D eigenvalue weighted by Crippen LogP contribution is -2.49. The van der Waals surface area contributed by atoms with Gasteiger partial charge in [-0.25, -0.2) is 13.4 Å². The molecular formula is C35H35BrN2O7S. The van der Waals surface area contributed by atoms with Crippen molar-refractivity contribution in [1.82, 2.24) is 5.32 Å². The maximum Gasteiger partial charge on any atom is 0.252 e.